The van der Waals surface area contributed by atoms with Crippen molar-refractivity contribution >= 4 is 15.7 Å². The summed E-state index contributed by atoms with van der Waals surface area (Å²) >= 11 is 0. The van der Waals surface area contributed by atoms with Crippen LogP contribution in [0.3, 0.4) is 0 Å². The van der Waals surface area contributed by atoms with E-state index in [1.54, 1.807) is 31.4 Å². The van der Waals surface area contributed by atoms with Gasteiger partial charge in [-0.3, -0.25) is 4.31 Å². The summed E-state index contributed by atoms with van der Waals surface area (Å²) in [5.74, 6) is 0.630. The van der Waals surface area contributed by atoms with Crippen LogP contribution in [-0.4, -0.2) is 21.8 Å². The minimum absolute atomic E-state index is 0.304. The Morgan fingerprint density at radius 3 is 2.43 bits per heavy atom. The Kier molecular flexibility index (Phi) is 4.53. The van der Waals surface area contributed by atoms with Crippen molar-refractivity contribution in [3.05, 3.63) is 59.7 Å². The fourth-order valence-corrected chi connectivity index (χ4v) is 2.98. The predicted octanol–water partition coefficient (Wildman–Crippen LogP) is 2.97. The van der Waals surface area contributed by atoms with Gasteiger partial charge in [0.15, 0.2) is 0 Å². The van der Waals surface area contributed by atoms with Gasteiger partial charge in [0.25, 0.3) is 0 Å². The maximum atomic E-state index is 12.1. The number of rotatable bonds is 5. The fraction of sp³-hybridized carbons (Fsp3) is 0.250. The maximum absolute atomic E-state index is 12.1. The first-order valence-electron chi connectivity index (χ1n) is 6.58. The standard InChI is InChI=1S/C16H19NO3S/c1-13-7-4-5-8-14(13)12-17(21(3,18)19)15-9-6-10-16(11-15)20-2/h4-11H,12H2,1-3H3. The van der Waals surface area contributed by atoms with Gasteiger partial charge in [-0.05, 0) is 30.2 Å². The maximum Gasteiger partial charge on any atom is 0.232 e. The van der Waals surface area contributed by atoms with Crippen LogP contribution in [-0.2, 0) is 16.6 Å². The highest BCUT2D eigenvalue weighted by molar-refractivity contribution is 7.92. The molecule has 0 N–H and O–H groups in total. The van der Waals surface area contributed by atoms with E-state index in [9.17, 15) is 8.42 Å². The normalized spacial score (nSPS) is 11.2. The van der Waals surface area contributed by atoms with Crippen molar-refractivity contribution in [1.82, 2.24) is 0 Å². The lowest BCUT2D eigenvalue weighted by atomic mass is 10.1. The number of hydrogen-bond donors (Lipinski definition) is 0. The average Bonchev–Trinajstić information content (AvgIpc) is 2.45. The predicted molar refractivity (Wildman–Crippen MR) is 85.2 cm³/mol. The van der Waals surface area contributed by atoms with E-state index in [1.807, 2.05) is 31.2 Å². The second-order valence-electron chi connectivity index (χ2n) is 4.90. The minimum atomic E-state index is -3.38. The first-order valence-corrected chi connectivity index (χ1v) is 8.43. The summed E-state index contributed by atoms with van der Waals surface area (Å²) in [5, 5.41) is 0. The number of methoxy groups -OCH3 is 1. The molecule has 2 aromatic rings. The van der Waals surface area contributed by atoms with E-state index in [1.165, 1.54) is 10.6 Å². The third-order valence-electron chi connectivity index (χ3n) is 3.32. The summed E-state index contributed by atoms with van der Waals surface area (Å²) in [5.41, 5.74) is 2.64. The van der Waals surface area contributed by atoms with E-state index in [0.717, 1.165) is 11.1 Å². The number of anilines is 1. The highest BCUT2D eigenvalue weighted by Gasteiger charge is 2.19. The molecule has 0 fully saturated rings. The molecule has 0 aromatic heterocycles. The molecular weight excluding hydrogens is 286 g/mol. The molecule has 21 heavy (non-hydrogen) atoms. The van der Waals surface area contributed by atoms with Gasteiger partial charge < -0.3 is 4.74 Å². The monoisotopic (exact) mass is 305 g/mol. The Hall–Kier alpha value is -2.01. The first kappa shape index (κ1) is 15.4. The quantitative estimate of drug-likeness (QED) is 0.853. The van der Waals surface area contributed by atoms with E-state index in [0.29, 0.717) is 18.0 Å². The highest BCUT2D eigenvalue weighted by atomic mass is 32.2. The smallest absolute Gasteiger partial charge is 0.232 e. The third-order valence-corrected chi connectivity index (χ3v) is 4.46. The number of nitrogens with zero attached hydrogens (tertiary/aromatic N) is 1. The van der Waals surface area contributed by atoms with Gasteiger partial charge in [-0.2, -0.15) is 0 Å². The fourth-order valence-electron chi connectivity index (χ4n) is 2.11. The molecule has 2 rings (SSSR count). The Labute approximate surface area is 126 Å². The van der Waals surface area contributed by atoms with Gasteiger partial charge in [-0.25, -0.2) is 8.42 Å². The van der Waals surface area contributed by atoms with Crippen molar-refractivity contribution in [2.24, 2.45) is 0 Å². The van der Waals surface area contributed by atoms with Crippen LogP contribution in [0.4, 0.5) is 5.69 Å². The van der Waals surface area contributed by atoms with E-state index >= 15 is 0 Å². The van der Waals surface area contributed by atoms with Gasteiger partial charge in [-0.1, -0.05) is 30.3 Å². The Bertz CT molecular complexity index is 726. The molecule has 0 amide bonds. The molecule has 5 heteroatoms. The van der Waals surface area contributed by atoms with E-state index < -0.39 is 10.0 Å². The zero-order valence-electron chi connectivity index (χ0n) is 12.4. The van der Waals surface area contributed by atoms with E-state index in [4.69, 9.17) is 4.74 Å². The number of hydrogen-bond acceptors (Lipinski definition) is 3. The summed E-state index contributed by atoms with van der Waals surface area (Å²) in [6, 6.07) is 14.8. The summed E-state index contributed by atoms with van der Waals surface area (Å²) < 4.78 is 30.8. The van der Waals surface area contributed by atoms with Crippen LogP contribution in [0, 0.1) is 6.92 Å². The Morgan fingerprint density at radius 1 is 1.10 bits per heavy atom. The lowest BCUT2D eigenvalue weighted by molar-refractivity contribution is 0.415. The Morgan fingerprint density at radius 2 is 1.81 bits per heavy atom. The molecule has 0 bridgehead atoms. The second kappa shape index (κ2) is 6.18. The SMILES string of the molecule is COc1cccc(N(Cc2ccccc2C)S(C)(=O)=O)c1. The zero-order chi connectivity index (χ0) is 15.5. The van der Waals surface area contributed by atoms with Crippen molar-refractivity contribution in [2.45, 2.75) is 13.5 Å². The lowest BCUT2D eigenvalue weighted by Gasteiger charge is -2.23. The summed E-state index contributed by atoms with van der Waals surface area (Å²) in [6.45, 7) is 2.28. The van der Waals surface area contributed by atoms with Crippen LogP contribution >= 0.6 is 0 Å². The van der Waals surface area contributed by atoms with Gasteiger partial charge in [-0.15, -0.1) is 0 Å². The van der Waals surface area contributed by atoms with Crippen molar-refractivity contribution in [1.29, 1.82) is 0 Å². The molecule has 0 aliphatic rings. The molecule has 112 valence electrons. The minimum Gasteiger partial charge on any atom is -0.497 e. The largest absolute Gasteiger partial charge is 0.497 e. The molecule has 4 nitrogen and oxygen atoms in total. The molecular formula is C16H19NO3S. The van der Waals surface area contributed by atoms with Gasteiger partial charge in [0, 0.05) is 6.07 Å². The van der Waals surface area contributed by atoms with Crippen LogP contribution in [0.1, 0.15) is 11.1 Å². The molecule has 2 aromatic carbocycles. The molecule has 0 aliphatic heterocycles. The number of ether oxygens (including phenoxy) is 1. The van der Waals surface area contributed by atoms with Crippen LogP contribution in [0.25, 0.3) is 0 Å². The molecule has 0 unspecified atom stereocenters. The first-order chi connectivity index (χ1) is 9.91. The molecule has 0 atom stereocenters. The summed E-state index contributed by atoms with van der Waals surface area (Å²) in [6.07, 6.45) is 1.21. The van der Waals surface area contributed by atoms with Gasteiger partial charge >= 0.3 is 0 Å². The van der Waals surface area contributed by atoms with E-state index in [2.05, 4.69) is 0 Å². The molecule has 0 saturated heterocycles. The Balaban J connectivity index is 2.42. The van der Waals surface area contributed by atoms with Gasteiger partial charge in [0.2, 0.25) is 10.0 Å². The molecule has 0 saturated carbocycles. The highest BCUT2D eigenvalue weighted by Crippen LogP contribution is 2.25. The molecule has 0 radical (unpaired) electrons. The van der Waals surface area contributed by atoms with Crippen LogP contribution in [0.2, 0.25) is 0 Å². The summed E-state index contributed by atoms with van der Waals surface area (Å²) in [4.78, 5) is 0. The van der Waals surface area contributed by atoms with E-state index in [-0.39, 0.29) is 0 Å². The second-order valence-corrected chi connectivity index (χ2v) is 6.80. The van der Waals surface area contributed by atoms with Crippen molar-refractivity contribution < 1.29 is 13.2 Å². The average molecular weight is 305 g/mol. The molecule has 0 spiro atoms. The summed E-state index contributed by atoms with van der Waals surface area (Å²) in [7, 11) is -1.82. The van der Waals surface area contributed by atoms with Gasteiger partial charge in [0.05, 0.1) is 25.6 Å². The van der Waals surface area contributed by atoms with Crippen molar-refractivity contribution in [3.63, 3.8) is 0 Å². The molecule has 0 aliphatic carbocycles. The third kappa shape index (κ3) is 3.76. The van der Waals surface area contributed by atoms with Gasteiger partial charge in [0.1, 0.15) is 5.75 Å². The lowest BCUT2D eigenvalue weighted by Crippen LogP contribution is -2.29. The number of aryl methyl sites for hydroxylation is 1. The van der Waals surface area contributed by atoms with Crippen molar-refractivity contribution in [2.75, 3.05) is 17.7 Å². The van der Waals surface area contributed by atoms with Crippen molar-refractivity contribution in [3.8, 4) is 5.75 Å². The number of benzene rings is 2. The molecule has 0 heterocycles. The van der Waals surface area contributed by atoms with Crippen LogP contribution in [0.15, 0.2) is 48.5 Å². The topological polar surface area (TPSA) is 46.6 Å². The number of sulfonamides is 1. The van der Waals surface area contributed by atoms with Crippen LogP contribution < -0.4 is 9.04 Å². The van der Waals surface area contributed by atoms with Crippen LogP contribution in [0.5, 0.6) is 5.75 Å². The zero-order valence-corrected chi connectivity index (χ0v) is 13.2.